The molecule has 1 rings (SSSR count). The predicted molar refractivity (Wildman–Crippen MR) is 92.5 cm³/mol. The van der Waals surface area contributed by atoms with Crippen molar-refractivity contribution in [3.8, 4) is 0 Å². The molecule has 0 aliphatic carbocycles. The first-order valence-electron chi connectivity index (χ1n) is 7.26. The average molecular weight is 342 g/mol. The molecule has 1 aromatic rings. The summed E-state index contributed by atoms with van der Waals surface area (Å²) in [6.07, 6.45) is 0. The fourth-order valence-electron chi connectivity index (χ4n) is 2.24. The van der Waals surface area contributed by atoms with E-state index in [1.54, 1.807) is 0 Å². The minimum absolute atomic E-state index is 0.651. The van der Waals surface area contributed by atoms with E-state index in [9.17, 15) is 0 Å². The molecule has 0 saturated carbocycles. The van der Waals surface area contributed by atoms with E-state index in [0.29, 0.717) is 5.92 Å². The van der Waals surface area contributed by atoms with Crippen LogP contribution in [0.4, 0.5) is 5.69 Å². The van der Waals surface area contributed by atoms with Gasteiger partial charge in [-0.15, -0.1) is 0 Å². The first-order chi connectivity index (χ1) is 9.43. The van der Waals surface area contributed by atoms with Crippen molar-refractivity contribution in [3.63, 3.8) is 0 Å². The van der Waals surface area contributed by atoms with Crippen LogP contribution in [0.1, 0.15) is 19.4 Å². The highest BCUT2D eigenvalue weighted by Gasteiger charge is 2.13. The zero-order valence-electron chi connectivity index (χ0n) is 13.4. The first kappa shape index (κ1) is 17.5. The topological polar surface area (TPSA) is 18.5 Å². The molecule has 0 fully saturated rings. The van der Waals surface area contributed by atoms with Crippen molar-refractivity contribution in [1.29, 1.82) is 0 Å². The van der Waals surface area contributed by atoms with Gasteiger partial charge in [-0.25, -0.2) is 0 Å². The van der Waals surface area contributed by atoms with Crippen LogP contribution in [0.25, 0.3) is 0 Å². The Labute approximate surface area is 132 Å². The standard InChI is InChI=1S/C16H28BrN3/c1-13(2)12-20(9-8-19(4)5)16-10-15(17)7-6-14(16)11-18-3/h6-7,10,13,18H,8-9,11-12H2,1-5H3. The van der Waals surface area contributed by atoms with Gasteiger partial charge in [0.25, 0.3) is 0 Å². The van der Waals surface area contributed by atoms with Crippen LogP contribution in [0.5, 0.6) is 0 Å². The fraction of sp³-hybridized carbons (Fsp3) is 0.625. The summed E-state index contributed by atoms with van der Waals surface area (Å²) in [5, 5.41) is 3.26. The SMILES string of the molecule is CNCc1ccc(Br)cc1N(CCN(C)C)CC(C)C. The maximum atomic E-state index is 3.60. The van der Waals surface area contributed by atoms with Crippen LogP contribution in [-0.4, -0.2) is 45.7 Å². The minimum Gasteiger partial charge on any atom is -0.370 e. The van der Waals surface area contributed by atoms with Crippen molar-refractivity contribution in [2.75, 3.05) is 45.7 Å². The largest absolute Gasteiger partial charge is 0.370 e. The van der Waals surface area contributed by atoms with Gasteiger partial charge < -0.3 is 15.1 Å². The predicted octanol–water partition coefficient (Wildman–Crippen LogP) is 3.19. The molecule has 0 amide bonds. The molecule has 0 aromatic heterocycles. The van der Waals surface area contributed by atoms with Crippen molar-refractivity contribution in [3.05, 3.63) is 28.2 Å². The average Bonchev–Trinajstić information content (AvgIpc) is 2.36. The molecular formula is C16H28BrN3. The van der Waals surface area contributed by atoms with Gasteiger partial charge in [-0.3, -0.25) is 0 Å². The number of hydrogen-bond donors (Lipinski definition) is 1. The van der Waals surface area contributed by atoms with Gasteiger partial charge in [0.1, 0.15) is 0 Å². The Morgan fingerprint density at radius 3 is 2.45 bits per heavy atom. The van der Waals surface area contributed by atoms with Gasteiger partial charge in [0.2, 0.25) is 0 Å². The van der Waals surface area contributed by atoms with Gasteiger partial charge in [-0.2, -0.15) is 0 Å². The molecule has 0 saturated heterocycles. The first-order valence-corrected chi connectivity index (χ1v) is 8.06. The Hall–Kier alpha value is -0.580. The number of halogens is 1. The number of likely N-dealkylation sites (N-methyl/N-ethyl adjacent to an activating group) is 1. The monoisotopic (exact) mass is 341 g/mol. The Balaban J connectivity index is 3.00. The summed E-state index contributed by atoms with van der Waals surface area (Å²) in [5.41, 5.74) is 2.69. The van der Waals surface area contributed by atoms with Crippen molar-refractivity contribution in [1.82, 2.24) is 10.2 Å². The molecule has 0 aliphatic heterocycles. The molecule has 0 bridgehead atoms. The summed E-state index contributed by atoms with van der Waals surface area (Å²) in [4.78, 5) is 4.74. The molecule has 0 spiro atoms. The van der Waals surface area contributed by atoms with E-state index in [4.69, 9.17) is 0 Å². The zero-order chi connectivity index (χ0) is 15.1. The lowest BCUT2D eigenvalue weighted by molar-refractivity contribution is 0.409. The summed E-state index contributed by atoms with van der Waals surface area (Å²) in [7, 11) is 6.25. The quantitative estimate of drug-likeness (QED) is 0.783. The lowest BCUT2D eigenvalue weighted by Crippen LogP contribution is -2.35. The highest BCUT2D eigenvalue weighted by atomic mass is 79.9. The third-order valence-electron chi connectivity index (χ3n) is 3.16. The van der Waals surface area contributed by atoms with Crippen molar-refractivity contribution in [2.24, 2.45) is 5.92 Å². The molecule has 0 radical (unpaired) electrons. The summed E-state index contributed by atoms with van der Waals surface area (Å²) in [5.74, 6) is 0.651. The van der Waals surface area contributed by atoms with E-state index in [0.717, 1.165) is 30.7 Å². The second-order valence-corrected chi connectivity index (χ2v) is 6.86. The Kier molecular flexibility index (Phi) is 7.56. The van der Waals surface area contributed by atoms with Gasteiger partial charge in [0, 0.05) is 36.3 Å². The highest BCUT2D eigenvalue weighted by Crippen LogP contribution is 2.26. The maximum Gasteiger partial charge on any atom is 0.0423 e. The number of hydrogen-bond acceptors (Lipinski definition) is 3. The van der Waals surface area contributed by atoms with Crippen LogP contribution >= 0.6 is 15.9 Å². The van der Waals surface area contributed by atoms with Crippen LogP contribution in [-0.2, 0) is 6.54 Å². The summed E-state index contributed by atoms with van der Waals surface area (Å²) < 4.78 is 1.14. The summed E-state index contributed by atoms with van der Waals surface area (Å²) in [6.45, 7) is 8.66. The third kappa shape index (κ3) is 5.81. The van der Waals surface area contributed by atoms with Gasteiger partial charge in [-0.1, -0.05) is 35.8 Å². The van der Waals surface area contributed by atoms with E-state index < -0.39 is 0 Å². The van der Waals surface area contributed by atoms with E-state index in [1.165, 1.54) is 11.3 Å². The van der Waals surface area contributed by atoms with Crippen LogP contribution in [0, 0.1) is 5.92 Å². The summed E-state index contributed by atoms with van der Waals surface area (Å²) >= 11 is 3.60. The second kappa shape index (κ2) is 8.65. The molecule has 20 heavy (non-hydrogen) atoms. The van der Waals surface area contributed by atoms with E-state index in [1.807, 2.05) is 7.05 Å². The molecule has 114 valence electrons. The third-order valence-corrected chi connectivity index (χ3v) is 3.65. The Morgan fingerprint density at radius 2 is 1.90 bits per heavy atom. The van der Waals surface area contributed by atoms with Gasteiger partial charge in [0.05, 0.1) is 0 Å². The van der Waals surface area contributed by atoms with Crippen molar-refractivity contribution >= 4 is 21.6 Å². The normalized spacial score (nSPS) is 11.4. The number of benzene rings is 1. The molecule has 4 heteroatoms. The Bertz CT molecular complexity index is 405. The minimum atomic E-state index is 0.651. The molecule has 0 unspecified atom stereocenters. The van der Waals surface area contributed by atoms with Crippen LogP contribution in [0.3, 0.4) is 0 Å². The zero-order valence-corrected chi connectivity index (χ0v) is 15.0. The smallest absolute Gasteiger partial charge is 0.0423 e. The second-order valence-electron chi connectivity index (χ2n) is 5.95. The lowest BCUT2D eigenvalue weighted by Gasteiger charge is -2.30. The van der Waals surface area contributed by atoms with Crippen molar-refractivity contribution in [2.45, 2.75) is 20.4 Å². The van der Waals surface area contributed by atoms with Crippen LogP contribution in [0.15, 0.2) is 22.7 Å². The van der Waals surface area contributed by atoms with E-state index in [-0.39, 0.29) is 0 Å². The van der Waals surface area contributed by atoms with Gasteiger partial charge in [0.15, 0.2) is 0 Å². The number of rotatable bonds is 8. The fourth-order valence-corrected chi connectivity index (χ4v) is 2.59. The molecule has 3 nitrogen and oxygen atoms in total. The molecule has 0 atom stereocenters. The van der Waals surface area contributed by atoms with Crippen LogP contribution < -0.4 is 10.2 Å². The van der Waals surface area contributed by atoms with E-state index in [2.05, 4.69) is 77.2 Å². The number of nitrogens with zero attached hydrogens (tertiary/aromatic N) is 2. The molecule has 1 aromatic carbocycles. The van der Waals surface area contributed by atoms with Gasteiger partial charge in [-0.05, 0) is 44.8 Å². The van der Waals surface area contributed by atoms with Gasteiger partial charge >= 0.3 is 0 Å². The maximum absolute atomic E-state index is 3.60. The molecule has 0 heterocycles. The van der Waals surface area contributed by atoms with Crippen molar-refractivity contribution < 1.29 is 0 Å². The Morgan fingerprint density at radius 1 is 1.20 bits per heavy atom. The number of anilines is 1. The molecular weight excluding hydrogens is 314 g/mol. The summed E-state index contributed by atoms with van der Waals surface area (Å²) in [6, 6.07) is 6.57. The lowest BCUT2D eigenvalue weighted by atomic mass is 10.1. The van der Waals surface area contributed by atoms with E-state index >= 15 is 0 Å². The molecule has 0 aliphatic rings. The highest BCUT2D eigenvalue weighted by molar-refractivity contribution is 9.10. The molecule has 1 N–H and O–H groups in total. The van der Waals surface area contributed by atoms with Crippen LogP contribution in [0.2, 0.25) is 0 Å². The number of nitrogens with one attached hydrogen (secondary N) is 1.